The maximum Gasteiger partial charge on any atom is 1.00 e. The molecule has 0 aromatic rings. The Bertz CT molecular complexity index is 401. The molecule has 27 heavy (non-hydrogen) atoms. The van der Waals surface area contributed by atoms with Crippen molar-refractivity contribution >= 4 is 10.1 Å². The van der Waals surface area contributed by atoms with E-state index in [0.717, 1.165) is 25.7 Å². The molecular weight excluding hydrogens is 387 g/mol. The minimum Gasteiger partial charge on any atom is -0.748 e. The number of aliphatic hydroxyl groups excluding tert-OH is 1. The number of unbranched alkanes of at least 4 members (excludes halogenated alkanes) is 12. The third kappa shape index (κ3) is 20.6. The molecule has 0 bridgehead atoms. The SMILES string of the molecule is CCCCCCCCCCCCCCC(O)CC(CCCC)S(=O)(=O)[O-].[K+]. The van der Waals surface area contributed by atoms with Crippen molar-refractivity contribution in [3.8, 4) is 0 Å². The monoisotopic (exact) mass is 430 g/mol. The Balaban J connectivity index is 0. The van der Waals surface area contributed by atoms with E-state index in [1.54, 1.807) is 0 Å². The summed E-state index contributed by atoms with van der Waals surface area (Å²) in [7, 11) is -4.30. The van der Waals surface area contributed by atoms with Gasteiger partial charge in [-0.05, 0) is 19.3 Å². The van der Waals surface area contributed by atoms with Crippen molar-refractivity contribution in [1.29, 1.82) is 0 Å². The first-order chi connectivity index (χ1) is 12.4. The fourth-order valence-corrected chi connectivity index (χ4v) is 4.37. The smallest absolute Gasteiger partial charge is 0.748 e. The van der Waals surface area contributed by atoms with Crippen LogP contribution in [0.25, 0.3) is 0 Å². The Morgan fingerprint density at radius 2 is 1.11 bits per heavy atom. The van der Waals surface area contributed by atoms with Crippen LogP contribution in [0, 0.1) is 0 Å². The Labute approximate surface area is 211 Å². The summed E-state index contributed by atoms with van der Waals surface area (Å²) < 4.78 is 33.8. The van der Waals surface area contributed by atoms with Crippen molar-refractivity contribution in [2.24, 2.45) is 0 Å². The molecule has 4 nitrogen and oxygen atoms in total. The second-order valence-electron chi connectivity index (χ2n) is 7.82. The predicted molar refractivity (Wildman–Crippen MR) is 109 cm³/mol. The molecule has 0 saturated heterocycles. The zero-order chi connectivity index (χ0) is 19.7. The molecule has 0 heterocycles. The van der Waals surface area contributed by atoms with E-state index in [1.807, 2.05) is 6.92 Å². The number of hydrogen-bond donors (Lipinski definition) is 1. The minimum absolute atomic E-state index is 0. The first kappa shape index (κ1) is 30.7. The van der Waals surface area contributed by atoms with Crippen LogP contribution in [0.4, 0.5) is 0 Å². The molecule has 0 spiro atoms. The third-order valence-electron chi connectivity index (χ3n) is 5.21. The van der Waals surface area contributed by atoms with E-state index in [0.29, 0.717) is 12.8 Å². The Morgan fingerprint density at radius 1 is 0.704 bits per heavy atom. The van der Waals surface area contributed by atoms with Crippen LogP contribution in [0.5, 0.6) is 0 Å². The maximum atomic E-state index is 11.3. The van der Waals surface area contributed by atoms with Crippen molar-refractivity contribution < 1.29 is 69.5 Å². The summed E-state index contributed by atoms with van der Waals surface area (Å²) in [5.74, 6) is 0. The molecule has 0 aliphatic heterocycles. The topological polar surface area (TPSA) is 77.4 Å². The van der Waals surface area contributed by atoms with Crippen LogP contribution in [0.1, 0.15) is 123 Å². The van der Waals surface area contributed by atoms with Gasteiger partial charge in [-0.1, -0.05) is 104 Å². The van der Waals surface area contributed by atoms with Crippen molar-refractivity contribution in [2.45, 2.75) is 134 Å². The summed E-state index contributed by atoms with van der Waals surface area (Å²) in [5.41, 5.74) is 0. The molecule has 158 valence electrons. The van der Waals surface area contributed by atoms with Crippen molar-refractivity contribution in [3.05, 3.63) is 0 Å². The van der Waals surface area contributed by atoms with Gasteiger partial charge >= 0.3 is 51.4 Å². The van der Waals surface area contributed by atoms with Gasteiger partial charge in [0.1, 0.15) is 0 Å². The Kier molecular flexibility index (Phi) is 23.6. The molecule has 0 aromatic carbocycles. The molecule has 1 N–H and O–H groups in total. The Morgan fingerprint density at radius 3 is 1.52 bits per heavy atom. The summed E-state index contributed by atoms with van der Waals surface area (Å²) >= 11 is 0. The fraction of sp³-hybridized carbons (Fsp3) is 1.00. The van der Waals surface area contributed by atoms with Crippen LogP contribution in [0.15, 0.2) is 0 Å². The molecule has 0 saturated carbocycles. The van der Waals surface area contributed by atoms with Crippen LogP contribution in [-0.4, -0.2) is 29.4 Å². The van der Waals surface area contributed by atoms with Crippen LogP contribution in [0.2, 0.25) is 0 Å². The van der Waals surface area contributed by atoms with Gasteiger partial charge in [0.15, 0.2) is 0 Å². The molecule has 0 radical (unpaired) electrons. The van der Waals surface area contributed by atoms with Gasteiger partial charge in [0.2, 0.25) is 0 Å². The molecule has 2 unspecified atom stereocenters. The summed E-state index contributed by atoms with van der Waals surface area (Å²) in [6.07, 6.45) is 17.2. The summed E-state index contributed by atoms with van der Waals surface area (Å²) in [6, 6.07) is 0. The van der Waals surface area contributed by atoms with E-state index in [9.17, 15) is 18.1 Å². The zero-order valence-corrected chi connectivity index (χ0v) is 22.2. The molecular formula is C21H43KO4S. The van der Waals surface area contributed by atoms with Crippen LogP contribution in [0.3, 0.4) is 0 Å². The van der Waals surface area contributed by atoms with Gasteiger partial charge in [-0.25, -0.2) is 8.42 Å². The molecule has 0 aliphatic carbocycles. The van der Waals surface area contributed by atoms with Crippen molar-refractivity contribution in [2.75, 3.05) is 0 Å². The van der Waals surface area contributed by atoms with E-state index >= 15 is 0 Å². The minimum atomic E-state index is -4.30. The fourth-order valence-electron chi connectivity index (χ4n) is 3.45. The van der Waals surface area contributed by atoms with Crippen LogP contribution < -0.4 is 51.4 Å². The first-order valence-electron chi connectivity index (χ1n) is 11.0. The second kappa shape index (κ2) is 20.8. The van der Waals surface area contributed by atoms with E-state index in [2.05, 4.69) is 6.92 Å². The molecule has 0 aromatic heterocycles. The molecule has 6 heteroatoms. The molecule has 0 rings (SSSR count). The van der Waals surface area contributed by atoms with Gasteiger partial charge in [0.25, 0.3) is 0 Å². The van der Waals surface area contributed by atoms with Gasteiger partial charge < -0.3 is 9.66 Å². The molecule has 0 fully saturated rings. The maximum absolute atomic E-state index is 11.3. The first-order valence-corrected chi connectivity index (χ1v) is 12.5. The summed E-state index contributed by atoms with van der Waals surface area (Å²) in [4.78, 5) is 0. The standard InChI is InChI=1S/C21H44O4S.K/c1-3-5-7-8-9-10-11-12-13-14-15-16-17-20(22)19-21(18-6-4-2)26(23,24)25;/h20-22H,3-19H2,1-2H3,(H,23,24,25);/q;+1/p-1. The zero-order valence-electron chi connectivity index (χ0n) is 18.3. The number of rotatable bonds is 19. The van der Waals surface area contributed by atoms with Crippen molar-refractivity contribution in [1.82, 2.24) is 0 Å². The van der Waals surface area contributed by atoms with Gasteiger partial charge in [0, 0.05) is 0 Å². The van der Waals surface area contributed by atoms with Gasteiger partial charge in [-0.2, -0.15) is 0 Å². The molecule has 2 atom stereocenters. The molecule has 0 aliphatic rings. The number of aliphatic hydroxyl groups is 1. The van der Waals surface area contributed by atoms with Gasteiger partial charge in [-0.3, -0.25) is 0 Å². The van der Waals surface area contributed by atoms with E-state index in [-0.39, 0.29) is 57.8 Å². The van der Waals surface area contributed by atoms with E-state index < -0.39 is 21.5 Å². The van der Waals surface area contributed by atoms with Gasteiger partial charge in [0.05, 0.1) is 21.5 Å². The largest absolute Gasteiger partial charge is 1.00 e. The van der Waals surface area contributed by atoms with Crippen LogP contribution in [-0.2, 0) is 10.1 Å². The van der Waals surface area contributed by atoms with Gasteiger partial charge in [-0.15, -0.1) is 0 Å². The quantitative estimate of drug-likeness (QED) is 0.194. The van der Waals surface area contributed by atoms with Crippen LogP contribution >= 0.6 is 0 Å². The number of hydrogen-bond acceptors (Lipinski definition) is 4. The normalized spacial score (nSPS) is 13.9. The molecule has 0 amide bonds. The van der Waals surface area contributed by atoms with E-state index in [1.165, 1.54) is 64.2 Å². The second-order valence-corrected chi connectivity index (χ2v) is 9.48. The van der Waals surface area contributed by atoms with E-state index in [4.69, 9.17) is 0 Å². The average molecular weight is 431 g/mol. The average Bonchev–Trinajstić information content (AvgIpc) is 2.58. The van der Waals surface area contributed by atoms with Crippen molar-refractivity contribution in [3.63, 3.8) is 0 Å². The Hall–Kier alpha value is 1.51. The summed E-state index contributed by atoms with van der Waals surface area (Å²) in [6.45, 7) is 4.22. The predicted octanol–water partition coefficient (Wildman–Crippen LogP) is 2.94. The summed E-state index contributed by atoms with van der Waals surface area (Å²) in [5, 5.41) is 9.12. The third-order valence-corrected chi connectivity index (χ3v) is 6.46.